The Morgan fingerprint density at radius 3 is 3.00 bits per heavy atom. The van der Waals surface area contributed by atoms with Crippen molar-refractivity contribution >= 4 is 11.5 Å². The minimum Gasteiger partial charge on any atom is -0.326 e. The zero-order valence-corrected chi connectivity index (χ0v) is 12.8. The van der Waals surface area contributed by atoms with Crippen LogP contribution in [0.4, 0.5) is 11.5 Å². The predicted octanol–water partition coefficient (Wildman–Crippen LogP) is 3.52. The molecule has 2 aromatic rings. The van der Waals surface area contributed by atoms with Gasteiger partial charge >= 0.3 is 0 Å². The molecule has 0 bridgehead atoms. The number of nitrogens with one attached hydrogen (secondary N) is 1. The van der Waals surface area contributed by atoms with Crippen LogP contribution in [0.25, 0.3) is 0 Å². The van der Waals surface area contributed by atoms with Crippen molar-refractivity contribution in [3.05, 3.63) is 53.7 Å². The number of rotatable bonds is 4. The van der Waals surface area contributed by atoms with Gasteiger partial charge in [0.25, 0.3) is 0 Å². The number of para-hydroxylation sites is 1. The summed E-state index contributed by atoms with van der Waals surface area (Å²) in [6.45, 7) is 7.36. The Bertz CT molecular complexity index is 609. The van der Waals surface area contributed by atoms with E-state index in [9.17, 15) is 0 Å². The molecule has 1 atom stereocenters. The quantitative estimate of drug-likeness (QED) is 0.929. The Hall–Kier alpha value is -1.87. The van der Waals surface area contributed by atoms with Gasteiger partial charge < -0.3 is 10.2 Å². The fraction of sp³-hybridized carbons (Fsp3) is 0.389. The lowest BCUT2D eigenvalue weighted by molar-refractivity contribution is 0.560. The molecule has 3 rings (SSSR count). The van der Waals surface area contributed by atoms with Crippen molar-refractivity contribution < 1.29 is 0 Å². The fourth-order valence-electron chi connectivity index (χ4n) is 3.00. The molecule has 0 aliphatic carbocycles. The average Bonchev–Trinajstić information content (AvgIpc) is 2.52. The highest BCUT2D eigenvalue weighted by atomic mass is 15.2. The summed E-state index contributed by atoms with van der Waals surface area (Å²) in [5.41, 5.74) is 4.02. The minimum atomic E-state index is 0.652. The van der Waals surface area contributed by atoms with Gasteiger partial charge in [-0.15, -0.1) is 0 Å². The topological polar surface area (TPSA) is 28.2 Å². The van der Waals surface area contributed by atoms with Gasteiger partial charge in [0.2, 0.25) is 0 Å². The molecule has 1 aromatic heterocycles. The summed E-state index contributed by atoms with van der Waals surface area (Å²) in [5, 5.41) is 3.38. The van der Waals surface area contributed by atoms with Crippen LogP contribution in [0, 0.1) is 5.92 Å². The van der Waals surface area contributed by atoms with E-state index in [1.54, 1.807) is 0 Å². The lowest BCUT2D eigenvalue weighted by Crippen LogP contribution is -2.31. The van der Waals surface area contributed by atoms with Gasteiger partial charge in [0.1, 0.15) is 5.82 Å². The molecule has 1 aliphatic heterocycles. The largest absolute Gasteiger partial charge is 0.326 e. The monoisotopic (exact) mass is 281 g/mol. The van der Waals surface area contributed by atoms with E-state index in [0.29, 0.717) is 5.92 Å². The molecule has 0 saturated heterocycles. The van der Waals surface area contributed by atoms with Gasteiger partial charge in [-0.2, -0.15) is 0 Å². The first-order valence-corrected chi connectivity index (χ1v) is 7.79. The molecule has 3 nitrogen and oxygen atoms in total. The number of fused-ring (bicyclic) bond motifs is 1. The van der Waals surface area contributed by atoms with Crippen molar-refractivity contribution in [2.45, 2.75) is 26.8 Å². The van der Waals surface area contributed by atoms with Gasteiger partial charge in [-0.3, -0.25) is 0 Å². The normalized spacial score (nSPS) is 17.6. The van der Waals surface area contributed by atoms with E-state index in [1.807, 2.05) is 6.20 Å². The van der Waals surface area contributed by atoms with Crippen molar-refractivity contribution in [2.24, 2.45) is 5.92 Å². The van der Waals surface area contributed by atoms with E-state index in [-0.39, 0.29) is 0 Å². The second kappa shape index (κ2) is 6.27. The molecular formula is C18H23N3. The van der Waals surface area contributed by atoms with Gasteiger partial charge in [-0.25, -0.2) is 4.98 Å². The standard InChI is InChI=1S/C18H23N3/c1-3-19-12-15-8-9-20-18(11-15)21-13-14(2)10-16-6-4-5-7-17(16)21/h4-9,11,14,19H,3,10,12-13H2,1-2H3. The van der Waals surface area contributed by atoms with Crippen LogP contribution in [0.3, 0.4) is 0 Å². The molecule has 1 N–H and O–H groups in total. The summed E-state index contributed by atoms with van der Waals surface area (Å²) < 4.78 is 0. The van der Waals surface area contributed by atoms with Crippen LogP contribution in [0.2, 0.25) is 0 Å². The molecular weight excluding hydrogens is 258 g/mol. The van der Waals surface area contributed by atoms with Crippen LogP contribution in [-0.4, -0.2) is 18.1 Å². The van der Waals surface area contributed by atoms with Crippen LogP contribution < -0.4 is 10.2 Å². The number of pyridine rings is 1. The van der Waals surface area contributed by atoms with E-state index in [0.717, 1.165) is 31.9 Å². The number of nitrogens with zero attached hydrogens (tertiary/aromatic N) is 2. The Balaban J connectivity index is 1.93. The summed E-state index contributed by atoms with van der Waals surface area (Å²) >= 11 is 0. The Morgan fingerprint density at radius 2 is 2.14 bits per heavy atom. The Morgan fingerprint density at radius 1 is 1.29 bits per heavy atom. The van der Waals surface area contributed by atoms with Gasteiger partial charge in [0.05, 0.1) is 0 Å². The number of aromatic nitrogens is 1. The Kier molecular flexibility index (Phi) is 4.20. The number of hydrogen-bond donors (Lipinski definition) is 1. The van der Waals surface area contributed by atoms with Crippen molar-refractivity contribution in [2.75, 3.05) is 18.0 Å². The molecule has 2 heterocycles. The molecule has 110 valence electrons. The fourth-order valence-corrected chi connectivity index (χ4v) is 3.00. The molecule has 0 fully saturated rings. The highest BCUT2D eigenvalue weighted by molar-refractivity contribution is 5.65. The van der Waals surface area contributed by atoms with Crippen molar-refractivity contribution in [3.8, 4) is 0 Å². The SMILES string of the molecule is CCNCc1ccnc(N2CC(C)Cc3ccccc32)c1. The first kappa shape index (κ1) is 14.1. The summed E-state index contributed by atoms with van der Waals surface area (Å²) in [6.07, 6.45) is 3.08. The molecule has 3 heteroatoms. The molecule has 21 heavy (non-hydrogen) atoms. The van der Waals surface area contributed by atoms with Crippen LogP contribution in [0.15, 0.2) is 42.6 Å². The van der Waals surface area contributed by atoms with Crippen LogP contribution >= 0.6 is 0 Å². The summed E-state index contributed by atoms with van der Waals surface area (Å²) in [4.78, 5) is 6.96. The molecule has 0 amide bonds. The first-order valence-electron chi connectivity index (χ1n) is 7.79. The number of anilines is 2. The highest BCUT2D eigenvalue weighted by Crippen LogP contribution is 2.34. The van der Waals surface area contributed by atoms with E-state index in [4.69, 9.17) is 0 Å². The maximum atomic E-state index is 4.60. The summed E-state index contributed by atoms with van der Waals surface area (Å²) in [7, 11) is 0. The zero-order chi connectivity index (χ0) is 14.7. The molecule has 0 radical (unpaired) electrons. The molecule has 0 saturated carbocycles. The Labute approximate surface area is 127 Å². The average molecular weight is 281 g/mol. The van der Waals surface area contributed by atoms with E-state index < -0.39 is 0 Å². The van der Waals surface area contributed by atoms with Gasteiger partial charge in [0, 0.05) is 25.0 Å². The highest BCUT2D eigenvalue weighted by Gasteiger charge is 2.23. The van der Waals surface area contributed by atoms with Crippen molar-refractivity contribution in [1.82, 2.24) is 10.3 Å². The summed E-state index contributed by atoms with van der Waals surface area (Å²) in [6, 6.07) is 13.0. The molecule has 1 aliphatic rings. The van der Waals surface area contributed by atoms with Gasteiger partial charge in [-0.05, 0) is 48.2 Å². The van der Waals surface area contributed by atoms with E-state index in [2.05, 4.69) is 65.4 Å². The molecule has 1 unspecified atom stereocenters. The van der Waals surface area contributed by atoms with Crippen LogP contribution in [0.5, 0.6) is 0 Å². The van der Waals surface area contributed by atoms with E-state index in [1.165, 1.54) is 16.8 Å². The first-order chi connectivity index (χ1) is 10.3. The van der Waals surface area contributed by atoms with Gasteiger partial charge in [-0.1, -0.05) is 32.0 Å². The smallest absolute Gasteiger partial charge is 0.133 e. The maximum absolute atomic E-state index is 4.60. The molecule has 1 aromatic carbocycles. The zero-order valence-electron chi connectivity index (χ0n) is 12.8. The lowest BCUT2D eigenvalue weighted by atomic mass is 9.94. The number of hydrogen-bond acceptors (Lipinski definition) is 3. The third-order valence-electron chi connectivity index (χ3n) is 4.01. The van der Waals surface area contributed by atoms with Crippen molar-refractivity contribution in [3.63, 3.8) is 0 Å². The second-order valence-corrected chi connectivity index (χ2v) is 5.85. The minimum absolute atomic E-state index is 0.652. The second-order valence-electron chi connectivity index (χ2n) is 5.85. The summed E-state index contributed by atoms with van der Waals surface area (Å²) in [5.74, 6) is 1.71. The van der Waals surface area contributed by atoms with E-state index >= 15 is 0 Å². The van der Waals surface area contributed by atoms with Crippen LogP contribution in [-0.2, 0) is 13.0 Å². The van der Waals surface area contributed by atoms with Crippen molar-refractivity contribution in [1.29, 1.82) is 0 Å². The van der Waals surface area contributed by atoms with Gasteiger partial charge in [0.15, 0.2) is 0 Å². The predicted molar refractivity (Wildman–Crippen MR) is 87.9 cm³/mol. The third kappa shape index (κ3) is 3.08. The maximum Gasteiger partial charge on any atom is 0.133 e. The third-order valence-corrected chi connectivity index (χ3v) is 4.01. The van der Waals surface area contributed by atoms with Crippen LogP contribution in [0.1, 0.15) is 25.0 Å². The number of benzene rings is 1. The lowest BCUT2D eigenvalue weighted by Gasteiger charge is -2.34. The molecule has 0 spiro atoms.